The normalized spacial score (nSPS) is 19.1. The van der Waals surface area contributed by atoms with Crippen molar-refractivity contribution in [1.29, 1.82) is 0 Å². The molecule has 0 radical (unpaired) electrons. The minimum absolute atomic E-state index is 0.0417. The lowest BCUT2D eigenvalue weighted by Crippen LogP contribution is -2.31. The van der Waals surface area contributed by atoms with Gasteiger partial charge in [-0.05, 0) is 31.6 Å². The van der Waals surface area contributed by atoms with Crippen LogP contribution in [-0.2, 0) is 4.79 Å². The van der Waals surface area contributed by atoms with E-state index in [1.807, 2.05) is 0 Å². The van der Waals surface area contributed by atoms with E-state index >= 15 is 0 Å². The zero-order valence-corrected chi connectivity index (χ0v) is 10.4. The van der Waals surface area contributed by atoms with E-state index in [0.29, 0.717) is 12.5 Å². The Morgan fingerprint density at radius 3 is 2.82 bits per heavy atom. The van der Waals surface area contributed by atoms with Crippen LogP contribution in [0.2, 0.25) is 0 Å². The van der Waals surface area contributed by atoms with Gasteiger partial charge in [-0.15, -0.1) is 10.2 Å². The summed E-state index contributed by atoms with van der Waals surface area (Å²) in [5.74, 6) is 1.40. The van der Waals surface area contributed by atoms with Crippen molar-refractivity contribution in [2.45, 2.75) is 31.6 Å². The van der Waals surface area contributed by atoms with Crippen LogP contribution in [0.3, 0.4) is 0 Å². The monoisotopic (exact) mass is 252 g/mol. The fraction of sp³-hybridized carbons (Fsp3) is 0.727. The van der Waals surface area contributed by atoms with Crippen LogP contribution in [-0.4, -0.2) is 29.2 Å². The lowest BCUT2D eigenvalue weighted by Gasteiger charge is -2.03. The van der Waals surface area contributed by atoms with Crippen molar-refractivity contribution in [2.75, 3.05) is 18.4 Å². The minimum atomic E-state index is 0.0417. The first kappa shape index (κ1) is 11.0. The van der Waals surface area contributed by atoms with Crippen molar-refractivity contribution in [2.24, 2.45) is 5.92 Å². The van der Waals surface area contributed by atoms with Crippen LogP contribution >= 0.6 is 11.3 Å². The van der Waals surface area contributed by atoms with Gasteiger partial charge in [0, 0.05) is 12.5 Å². The Morgan fingerprint density at radius 1 is 1.29 bits per heavy atom. The summed E-state index contributed by atoms with van der Waals surface area (Å²) in [5.41, 5.74) is 0. The fourth-order valence-corrected chi connectivity index (χ4v) is 2.51. The summed E-state index contributed by atoms with van der Waals surface area (Å²) in [4.78, 5) is 11.5. The van der Waals surface area contributed by atoms with Gasteiger partial charge in [0.05, 0.1) is 6.54 Å². The molecule has 17 heavy (non-hydrogen) atoms. The summed E-state index contributed by atoms with van der Waals surface area (Å²) in [6.45, 7) is 1.12. The number of nitrogens with zero attached hydrogens (tertiary/aromatic N) is 2. The van der Waals surface area contributed by atoms with E-state index in [1.54, 1.807) is 11.3 Å². The molecule has 0 bridgehead atoms. The zero-order chi connectivity index (χ0) is 11.7. The standard InChI is InChI=1S/C11H16N4OS/c16-9(12-5-7-1-2-7)6-13-11-15-14-10(17-11)8-3-4-8/h7-8H,1-6H2,(H,12,16)(H,13,15). The van der Waals surface area contributed by atoms with E-state index in [0.717, 1.165) is 22.6 Å². The number of rotatable bonds is 6. The summed E-state index contributed by atoms with van der Waals surface area (Å²) >= 11 is 1.57. The van der Waals surface area contributed by atoms with Crippen LogP contribution in [0, 0.1) is 5.92 Å². The number of amides is 1. The van der Waals surface area contributed by atoms with Crippen molar-refractivity contribution in [3.63, 3.8) is 0 Å². The van der Waals surface area contributed by atoms with E-state index in [1.165, 1.54) is 25.7 Å². The fourth-order valence-electron chi connectivity index (χ4n) is 1.60. The Bertz CT molecular complexity index is 411. The Hall–Kier alpha value is -1.17. The van der Waals surface area contributed by atoms with Gasteiger partial charge in [0.25, 0.3) is 0 Å². The predicted molar refractivity (Wildman–Crippen MR) is 66.1 cm³/mol. The maximum atomic E-state index is 11.5. The lowest BCUT2D eigenvalue weighted by atomic mass is 10.4. The molecular formula is C11H16N4OS. The third-order valence-electron chi connectivity index (χ3n) is 3.05. The highest BCUT2D eigenvalue weighted by molar-refractivity contribution is 7.15. The topological polar surface area (TPSA) is 66.9 Å². The van der Waals surface area contributed by atoms with Gasteiger partial charge in [0.2, 0.25) is 11.0 Å². The molecule has 3 rings (SSSR count). The van der Waals surface area contributed by atoms with E-state index in [-0.39, 0.29) is 5.91 Å². The average Bonchev–Trinajstić information content (AvgIpc) is 3.24. The Morgan fingerprint density at radius 2 is 2.12 bits per heavy atom. The van der Waals surface area contributed by atoms with Crippen molar-refractivity contribution < 1.29 is 4.79 Å². The minimum Gasteiger partial charge on any atom is -0.354 e. The summed E-state index contributed by atoms with van der Waals surface area (Å²) in [5, 5.41) is 15.9. The van der Waals surface area contributed by atoms with Gasteiger partial charge in [0.1, 0.15) is 5.01 Å². The highest BCUT2D eigenvalue weighted by Crippen LogP contribution is 2.41. The summed E-state index contributed by atoms with van der Waals surface area (Å²) < 4.78 is 0. The molecule has 0 saturated heterocycles. The molecule has 2 N–H and O–H groups in total. The predicted octanol–water partition coefficient (Wildman–Crippen LogP) is 1.35. The van der Waals surface area contributed by atoms with Crippen LogP contribution in [0.4, 0.5) is 5.13 Å². The molecular weight excluding hydrogens is 236 g/mol. The molecule has 6 heteroatoms. The number of aromatic nitrogens is 2. The maximum absolute atomic E-state index is 11.5. The van der Waals surface area contributed by atoms with Crippen LogP contribution in [0.1, 0.15) is 36.6 Å². The third kappa shape index (κ3) is 3.15. The average molecular weight is 252 g/mol. The van der Waals surface area contributed by atoms with Gasteiger partial charge >= 0.3 is 0 Å². The summed E-state index contributed by atoms with van der Waals surface area (Å²) in [6, 6.07) is 0. The number of nitrogens with one attached hydrogen (secondary N) is 2. The van der Waals surface area contributed by atoms with E-state index in [9.17, 15) is 4.79 Å². The second-order valence-corrected chi connectivity index (χ2v) is 5.83. The largest absolute Gasteiger partial charge is 0.354 e. The molecule has 2 fully saturated rings. The molecule has 5 nitrogen and oxygen atoms in total. The van der Waals surface area contributed by atoms with E-state index < -0.39 is 0 Å². The first-order valence-corrected chi connectivity index (χ1v) is 6.97. The molecule has 1 aromatic heterocycles. The quantitative estimate of drug-likeness (QED) is 0.802. The number of hydrogen-bond donors (Lipinski definition) is 2. The van der Waals surface area contributed by atoms with Gasteiger partial charge in [-0.3, -0.25) is 4.79 Å². The van der Waals surface area contributed by atoms with E-state index in [2.05, 4.69) is 20.8 Å². The Balaban J connectivity index is 1.40. The molecule has 0 atom stereocenters. The van der Waals surface area contributed by atoms with Crippen LogP contribution in [0.5, 0.6) is 0 Å². The molecule has 0 aliphatic heterocycles. The Labute approximate surface area is 104 Å². The highest BCUT2D eigenvalue weighted by atomic mass is 32.1. The first-order valence-electron chi connectivity index (χ1n) is 6.15. The molecule has 1 aromatic rings. The molecule has 0 unspecified atom stereocenters. The van der Waals surface area contributed by atoms with Crippen molar-refractivity contribution in [1.82, 2.24) is 15.5 Å². The van der Waals surface area contributed by atoms with Crippen LogP contribution in [0.25, 0.3) is 0 Å². The lowest BCUT2D eigenvalue weighted by molar-refractivity contribution is -0.119. The van der Waals surface area contributed by atoms with Crippen molar-refractivity contribution in [3.8, 4) is 0 Å². The number of carbonyl (C=O) groups excluding carboxylic acids is 1. The second-order valence-electron chi connectivity index (χ2n) is 4.82. The first-order chi connectivity index (χ1) is 8.31. The zero-order valence-electron chi connectivity index (χ0n) is 9.61. The van der Waals surface area contributed by atoms with Crippen LogP contribution < -0.4 is 10.6 Å². The SMILES string of the molecule is O=C(CNc1nnc(C2CC2)s1)NCC1CC1. The summed E-state index contributed by atoms with van der Waals surface area (Å²) in [7, 11) is 0. The third-order valence-corrected chi connectivity index (χ3v) is 4.10. The highest BCUT2D eigenvalue weighted by Gasteiger charge is 2.27. The van der Waals surface area contributed by atoms with Gasteiger partial charge in [-0.25, -0.2) is 0 Å². The van der Waals surface area contributed by atoms with Crippen molar-refractivity contribution in [3.05, 3.63) is 5.01 Å². The van der Waals surface area contributed by atoms with Gasteiger partial charge < -0.3 is 10.6 Å². The smallest absolute Gasteiger partial charge is 0.239 e. The van der Waals surface area contributed by atoms with Crippen LogP contribution in [0.15, 0.2) is 0 Å². The van der Waals surface area contributed by atoms with Crippen molar-refractivity contribution >= 4 is 22.4 Å². The number of carbonyl (C=O) groups is 1. The Kier molecular flexibility index (Phi) is 2.96. The molecule has 0 spiro atoms. The van der Waals surface area contributed by atoms with Gasteiger partial charge in [0.15, 0.2) is 0 Å². The number of hydrogen-bond acceptors (Lipinski definition) is 5. The van der Waals surface area contributed by atoms with E-state index in [4.69, 9.17) is 0 Å². The molecule has 1 amide bonds. The second kappa shape index (κ2) is 4.60. The maximum Gasteiger partial charge on any atom is 0.239 e. The molecule has 2 aliphatic carbocycles. The molecule has 2 saturated carbocycles. The van der Waals surface area contributed by atoms with Gasteiger partial charge in [-0.2, -0.15) is 0 Å². The molecule has 1 heterocycles. The summed E-state index contributed by atoms with van der Waals surface area (Å²) in [6.07, 6.45) is 4.98. The van der Waals surface area contributed by atoms with Gasteiger partial charge in [-0.1, -0.05) is 11.3 Å². The molecule has 2 aliphatic rings. The molecule has 92 valence electrons. The number of anilines is 1. The molecule has 0 aromatic carbocycles.